The van der Waals surface area contributed by atoms with Crippen molar-refractivity contribution in [2.75, 3.05) is 26.4 Å². The first-order chi connectivity index (χ1) is 9.47. The van der Waals surface area contributed by atoms with Crippen molar-refractivity contribution < 1.29 is 14.3 Å². The fraction of sp³-hybridized carbons (Fsp3) is 0.429. The van der Waals surface area contributed by atoms with Crippen molar-refractivity contribution in [2.45, 2.75) is 18.4 Å². The van der Waals surface area contributed by atoms with E-state index < -0.39 is 5.97 Å². The summed E-state index contributed by atoms with van der Waals surface area (Å²) in [6, 6.07) is 7.19. The lowest BCUT2D eigenvalue weighted by Gasteiger charge is -2.23. The molecule has 1 aromatic carbocycles. The molecule has 2 rings (SSSR count). The molecule has 0 radical (unpaired) electrons. The van der Waals surface area contributed by atoms with Crippen LogP contribution in [-0.4, -0.2) is 37.6 Å². The zero-order valence-corrected chi connectivity index (χ0v) is 11.7. The maximum atomic E-state index is 12.1. The van der Waals surface area contributed by atoms with Crippen LogP contribution < -0.4 is 11.1 Å². The second-order valence-corrected chi connectivity index (χ2v) is 5.07. The van der Waals surface area contributed by atoms with E-state index >= 15 is 0 Å². The number of esters is 1. The number of nitrogens with two attached hydrogens (primary N) is 1. The van der Waals surface area contributed by atoms with Gasteiger partial charge in [0, 0.05) is 12.7 Å². The number of carbonyl (C=O) groups is 2. The minimum absolute atomic E-state index is 0.0693. The molecule has 0 atom stereocenters. The highest BCUT2D eigenvalue weighted by molar-refractivity contribution is 5.81. The van der Waals surface area contributed by atoms with E-state index in [-0.39, 0.29) is 18.1 Å². The molecule has 0 heterocycles. The van der Waals surface area contributed by atoms with Crippen molar-refractivity contribution in [2.24, 2.45) is 0 Å². The Hall–Kier alpha value is -2.24. The van der Waals surface area contributed by atoms with Gasteiger partial charge in [-0.25, -0.2) is 4.79 Å². The molecular formula is C14H19N3O3. The van der Waals surface area contributed by atoms with Gasteiger partial charge in [0.05, 0.1) is 12.6 Å². The number of nitrogens with zero attached hydrogens (tertiary/aromatic N) is 1. The third-order valence-electron chi connectivity index (χ3n) is 3.50. The van der Waals surface area contributed by atoms with Gasteiger partial charge in [-0.2, -0.15) is 0 Å². The number of carbonyl (C=O) groups excluding carboxylic acids is 2. The predicted molar refractivity (Wildman–Crippen MR) is 74.9 cm³/mol. The zero-order valence-electron chi connectivity index (χ0n) is 11.7. The highest BCUT2D eigenvalue weighted by Gasteiger charge is 2.46. The van der Waals surface area contributed by atoms with Crippen LogP contribution in [0.2, 0.25) is 0 Å². The average molecular weight is 277 g/mol. The summed E-state index contributed by atoms with van der Waals surface area (Å²) in [6.07, 6.45) is 1.77. The van der Waals surface area contributed by atoms with Gasteiger partial charge < -0.3 is 20.7 Å². The van der Waals surface area contributed by atoms with Gasteiger partial charge in [-0.3, -0.25) is 4.79 Å². The van der Waals surface area contributed by atoms with E-state index in [0.717, 1.165) is 18.4 Å². The molecule has 6 nitrogen and oxygen atoms in total. The highest BCUT2D eigenvalue weighted by Crippen LogP contribution is 2.45. The monoisotopic (exact) mass is 277 g/mol. The summed E-state index contributed by atoms with van der Waals surface area (Å²) in [5, 5.41) is 2.97. The quantitative estimate of drug-likeness (QED) is 0.637. The van der Waals surface area contributed by atoms with Crippen molar-refractivity contribution in [3.63, 3.8) is 0 Å². The molecule has 0 aromatic heterocycles. The number of nitrogen functional groups attached to an aromatic ring is 1. The molecule has 108 valence electrons. The van der Waals surface area contributed by atoms with E-state index in [2.05, 4.69) is 10.1 Å². The Morgan fingerprint density at radius 1 is 1.35 bits per heavy atom. The summed E-state index contributed by atoms with van der Waals surface area (Å²) >= 11 is 0. The number of hydrogen-bond acceptors (Lipinski definition) is 4. The van der Waals surface area contributed by atoms with E-state index in [1.165, 1.54) is 12.0 Å². The summed E-state index contributed by atoms with van der Waals surface area (Å²) in [6.45, 7) is -0.0693. The second kappa shape index (κ2) is 5.40. The van der Waals surface area contributed by atoms with Gasteiger partial charge in [0.25, 0.3) is 0 Å². The average Bonchev–Trinajstić information content (AvgIpc) is 3.19. The van der Waals surface area contributed by atoms with E-state index in [4.69, 9.17) is 5.73 Å². The van der Waals surface area contributed by atoms with Gasteiger partial charge in [0.1, 0.15) is 6.54 Å². The van der Waals surface area contributed by atoms with Crippen LogP contribution in [0.15, 0.2) is 24.3 Å². The Kier molecular flexibility index (Phi) is 3.83. The van der Waals surface area contributed by atoms with Crippen LogP contribution in [-0.2, 0) is 15.1 Å². The van der Waals surface area contributed by atoms with Gasteiger partial charge in [0.15, 0.2) is 0 Å². The molecule has 0 saturated heterocycles. The van der Waals surface area contributed by atoms with E-state index in [0.29, 0.717) is 5.69 Å². The van der Waals surface area contributed by atoms with Gasteiger partial charge in [-0.1, -0.05) is 12.1 Å². The van der Waals surface area contributed by atoms with Crippen LogP contribution in [0.25, 0.3) is 0 Å². The highest BCUT2D eigenvalue weighted by atomic mass is 16.5. The number of nitrogens with one attached hydrogen (secondary N) is 1. The summed E-state index contributed by atoms with van der Waals surface area (Å²) in [5.74, 6) is -0.444. The fourth-order valence-electron chi connectivity index (χ4n) is 2.04. The maximum Gasteiger partial charge on any atom is 0.325 e. The normalized spacial score (nSPS) is 15.3. The molecule has 0 unspecified atom stereocenters. The summed E-state index contributed by atoms with van der Waals surface area (Å²) in [4.78, 5) is 24.5. The van der Waals surface area contributed by atoms with Crippen LogP contribution in [0.1, 0.15) is 18.4 Å². The topological polar surface area (TPSA) is 84.7 Å². The second-order valence-electron chi connectivity index (χ2n) is 5.07. The number of rotatable bonds is 4. The summed E-state index contributed by atoms with van der Waals surface area (Å²) in [5.41, 5.74) is 7.07. The molecule has 1 aromatic rings. The first kappa shape index (κ1) is 14.2. The maximum absolute atomic E-state index is 12.1. The van der Waals surface area contributed by atoms with Crippen LogP contribution in [0.3, 0.4) is 0 Å². The Labute approximate surface area is 117 Å². The van der Waals surface area contributed by atoms with E-state index in [1.807, 2.05) is 24.3 Å². The molecule has 1 saturated carbocycles. The minimum atomic E-state index is -0.444. The number of ether oxygens (including phenoxy) is 1. The fourth-order valence-corrected chi connectivity index (χ4v) is 2.04. The number of benzene rings is 1. The van der Waals surface area contributed by atoms with Gasteiger partial charge >= 0.3 is 12.0 Å². The molecule has 0 bridgehead atoms. The van der Waals surface area contributed by atoms with Gasteiger partial charge in [0.2, 0.25) is 0 Å². The molecule has 6 heteroatoms. The molecule has 0 spiro atoms. The number of hydrogen-bond donors (Lipinski definition) is 2. The molecule has 2 amide bonds. The minimum Gasteiger partial charge on any atom is -0.468 e. The number of urea groups is 1. The lowest BCUT2D eigenvalue weighted by Crippen LogP contribution is -2.45. The van der Waals surface area contributed by atoms with Crippen molar-refractivity contribution >= 4 is 17.7 Å². The Morgan fingerprint density at radius 3 is 2.45 bits per heavy atom. The van der Waals surface area contributed by atoms with Gasteiger partial charge in [-0.05, 0) is 30.5 Å². The Morgan fingerprint density at radius 2 is 1.95 bits per heavy atom. The lowest BCUT2D eigenvalue weighted by atomic mass is 10.0. The largest absolute Gasteiger partial charge is 0.468 e. The summed E-state index contributed by atoms with van der Waals surface area (Å²) < 4.78 is 4.54. The van der Waals surface area contributed by atoms with Crippen LogP contribution in [0, 0.1) is 0 Å². The standard InChI is InChI=1S/C14H19N3O3/c1-17(9-12(18)20-2)13(19)16-14(7-8-14)10-3-5-11(15)6-4-10/h3-6H,7-9,15H2,1-2H3,(H,16,19). The van der Waals surface area contributed by atoms with Crippen molar-refractivity contribution in [1.82, 2.24) is 10.2 Å². The Balaban J connectivity index is 2.00. The first-order valence-electron chi connectivity index (χ1n) is 6.43. The lowest BCUT2D eigenvalue weighted by molar-refractivity contribution is -0.141. The molecule has 1 fully saturated rings. The molecule has 20 heavy (non-hydrogen) atoms. The van der Waals surface area contributed by atoms with Crippen molar-refractivity contribution in [1.29, 1.82) is 0 Å². The Bertz CT molecular complexity index is 509. The third kappa shape index (κ3) is 3.01. The number of likely N-dealkylation sites (N-methyl/N-ethyl adjacent to an activating group) is 1. The van der Waals surface area contributed by atoms with Crippen molar-refractivity contribution in [3.05, 3.63) is 29.8 Å². The smallest absolute Gasteiger partial charge is 0.325 e. The molecule has 0 aliphatic heterocycles. The predicted octanol–water partition coefficient (Wildman–Crippen LogP) is 1.07. The molecule has 3 N–H and O–H groups in total. The molecular weight excluding hydrogens is 258 g/mol. The SMILES string of the molecule is COC(=O)CN(C)C(=O)NC1(c2ccc(N)cc2)CC1. The van der Waals surface area contributed by atoms with E-state index in [9.17, 15) is 9.59 Å². The third-order valence-corrected chi connectivity index (χ3v) is 3.50. The zero-order chi connectivity index (χ0) is 14.8. The number of methoxy groups -OCH3 is 1. The van der Waals surface area contributed by atoms with Crippen molar-refractivity contribution in [3.8, 4) is 0 Å². The van der Waals surface area contributed by atoms with Gasteiger partial charge in [-0.15, -0.1) is 0 Å². The van der Waals surface area contributed by atoms with E-state index in [1.54, 1.807) is 7.05 Å². The van der Waals surface area contributed by atoms with Crippen LogP contribution >= 0.6 is 0 Å². The summed E-state index contributed by atoms with van der Waals surface area (Å²) in [7, 11) is 2.86. The number of anilines is 1. The first-order valence-corrected chi connectivity index (χ1v) is 6.43. The molecule has 1 aliphatic rings. The number of amides is 2. The van der Waals surface area contributed by atoms with Crippen LogP contribution in [0.5, 0.6) is 0 Å². The molecule has 1 aliphatic carbocycles. The van der Waals surface area contributed by atoms with Crippen LogP contribution in [0.4, 0.5) is 10.5 Å².